The predicted molar refractivity (Wildman–Crippen MR) is 83.9 cm³/mol. The van der Waals surface area contributed by atoms with E-state index in [9.17, 15) is 8.42 Å². The first-order valence-electron chi connectivity index (χ1n) is 6.61. The predicted octanol–water partition coefficient (Wildman–Crippen LogP) is 3.18. The molecule has 0 bridgehead atoms. The van der Waals surface area contributed by atoms with Crippen LogP contribution in [-0.2, 0) is 16.6 Å². The van der Waals surface area contributed by atoms with Crippen LogP contribution >= 0.6 is 23.2 Å². The van der Waals surface area contributed by atoms with Crippen LogP contribution < -0.4 is 10.0 Å². The molecule has 0 amide bonds. The molecular weight excluding hydrogens is 319 g/mol. The highest BCUT2D eigenvalue weighted by molar-refractivity contribution is 7.89. The van der Waals surface area contributed by atoms with Crippen LogP contribution in [0.25, 0.3) is 0 Å². The number of rotatable bonds is 8. The van der Waals surface area contributed by atoms with Crippen molar-refractivity contribution in [3.63, 3.8) is 0 Å². The fourth-order valence-electron chi connectivity index (χ4n) is 1.65. The first kappa shape index (κ1) is 17.7. The average Bonchev–Trinajstić information content (AvgIpc) is 2.40. The first-order chi connectivity index (χ1) is 9.44. The molecule has 0 heterocycles. The van der Waals surface area contributed by atoms with Gasteiger partial charge < -0.3 is 5.32 Å². The second-order valence-corrected chi connectivity index (χ2v) is 6.93. The minimum absolute atomic E-state index is 0.0744. The molecule has 7 heteroatoms. The third-order valence-corrected chi connectivity index (χ3v) is 5.11. The zero-order valence-electron chi connectivity index (χ0n) is 11.7. The molecule has 1 aromatic rings. The summed E-state index contributed by atoms with van der Waals surface area (Å²) in [6.45, 7) is 5.59. The number of halogens is 2. The largest absolute Gasteiger partial charge is 0.313 e. The minimum Gasteiger partial charge on any atom is -0.313 e. The van der Waals surface area contributed by atoms with Crippen LogP contribution in [0, 0.1) is 0 Å². The quantitative estimate of drug-likeness (QED) is 0.715. The van der Waals surface area contributed by atoms with Crippen LogP contribution in [0.3, 0.4) is 0 Å². The van der Waals surface area contributed by atoms with Crippen molar-refractivity contribution in [2.45, 2.75) is 38.1 Å². The summed E-state index contributed by atoms with van der Waals surface area (Å²) in [4.78, 5) is 0.0744. The van der Waals surface area contributed by atoms with Crippen molar-refractivity contribution in [3.05, 3.63) is 27.7 Å². The van der Waals surface area contributed by atoms with E-state index in [0.29, 0.717) is 23.7 Å². The molecule has 0 fully saturated rings. The number of nitrogens with one attached hydrogen (secondary N) is 2. The zero-order valence-corrected chi connectivity index (χ0v) is 14.0. The van der Waals surface area contributed by atoms with Crippen LogP contribution in [0.2, 0.25) is 10.0 Å². The van der Waals surface area contributed by atoms with E-state index in [0.717, 1.165) is 19.4 Å². The van der Waals surface area contributed by atoms with E-state index in [1.165, 1.54) is 6.07 Å². The standard InChI is InChI=1S/C13H20Cl2N2O2S/c1-3-7-16-9-10-11(14)5-6-12(13(10)15)20(18,19)17-8-4-2/h5-6,16-17H,3-4,7-9H2,1-2H3. The molecule has 20 heavy (non-hydrogen) atoms. The Bertz CT molecular complexity index is 548. The van der Waals surface area contributed by atoms with Gasteiger partial charge in [-0.2, -0.15) is 0 Å². The molecule has 0 unspecified atom stereocenters. The Morgan fingerprint density at radius 1 is 1.10 bits per heavy atom. The number of benzene rings is 1. The van der Waals surface area contributed by atoms with Crippen LogP contribution in [0.1, 0.15) is 32.3 Å². The fraction of sp³-hybridized carbons (Fsp3) is 0.538. The topological polar surface area (TPSA) is 58.2 Å². The Balaban J connectivity index is 3.07. The molecule has 2 N–H and O–H groups in total. The van der Waals surface area contributed by atoms with Crippen LogP contribution in [0.4, 0.5) is 0 Å². The lowest BCUT2D eigenvalue weighted by molar-refractivity contribution is 0.580. The fourth-order valence-corrected chi connectivity index (χ4v) is 3.69. The van der Waals surface area contributed by atoms with Crippen LogP contribution in [-0.4, -0.2) is 21.5 Å². The molecule has 0 aliphatic rings. The second-order valence-electron chi connectivity index (χ2n) is 4.41. The highest BCUT2D eigenvalue weighted by Gasteiger charge is 2.20. The smallest absolute Gasteiger partial charge is 0.242 e. The van der Waals surface area contributed by atoms with E-state index < -0.39 is 10.0 Å². The van der Waals surface area contributed by atoms with Gasteiger partial charge in [-0.3, -0.25) is 0 Å². The maximum atomic E-state index is 12.1. The molecule has 0 aliphatic carbocycles. The summed E-state index contributed by atoms with van der Waals surface area (Å²) in [6.07, 6.45) is 1.70. The number of hydrogen-bond acceptors (Lipinski definition) is 3. The Morgan fingerprint density at radius 2 is 1.75 bits per heavy atom. The van der Waals surface area contributed by atoms with Crippen molar-refractivity contribution >= 4 is 33.2 Å². The molecule has 114 valence electrons. The summed E-state index contributed by atoms with van der Waals surface area (Å²) in [5, 5.41) is 3.82. The van der Waals surface area contributed by atoms with Crippen molar-refractivity contribution in [3.8, 4) is 0 Å². The maximum Gasteiger partial charge on any atom is 0.242 e. The van der Waals surface area contributed by atoms with Gasteiger partial charge in [0.2, 0.25) is 10.0 Å². The average molecular weight is 339 g/mol. The van der Waals surface area contributed by atoms with Gasteiger partial charge in [-0.1, -0.05) is 37.0 Å². The zero-order chi connectivity index (χ0) is 15.2. The molecule has 0 aliphatic heterocycles. The van der Waals surface area contributed by atoms with Gasteiger partial charge in [-0.15, -0.1) is 0 Å². The summed E-state index contributed by atoms with van der Waals surface area (Å²) in [7, 11) is -3.59. The van der Waals surface area contributed by atoms with Gasteiger partial charge in [-0.25, -0.2) is 13.1 Å². The molecular formula is C13H20Cl2N2O2S. The van der Waals surface area contributed by atoms with Gasteiger partial charge in [0, 0.05) is 23.7 Å². The Kier molecular flexibility index (Phi) is 7.26. The van der Waals surface area contributed by atoms with E-state index in [1.54, 1.807) is 6.07 Å². The SMILES string of the molecule is CCCNCc1c(Cl)ccc(S(=O)(=O)NCCC)c1Cl. The lowest BCUT2D eigenvalue weighted by Gasteiger charge is -2.13. The highest BCUT2D eigenvalue weighted by atomic mass is 35.5. The summed E-state index contributed by atoms with van der Waals surface area (Å²) >= 11 is 12.3. The van der Waals surface area contributed by atoms with E-state index in [2.05, 4.69) is 10.0 Å². The summed E-state index contributed by atoms with van der Waals surface area (Å²) in [5.74, 6) is 0. The van der Waals surface area contributed by atoms with Gasteiger partial charge in [-0.05, 0) is 31.5 Å². The Labute approximate surface area is 130 Å². The molecule has 0 spiro atoms. The third kappa shape index (κ3) is 4.60. The minimum atomic E-state index is -3.59. The maximum absolute atomic E-state index is 12.1. The van der Waals surface area contributed by atoms with Gasteiger partial charge in [0.15, 0.2) is 0 Å². The van der Waals surface area contributed by atoms with Crippen LogP contribution in [0.5, 0.6) is 0 Å². The summed E-state index contributed by atoms with van der Waals surface area (Å²) in [5.41, 5.74) is 0.612. The lowest BCUT2D eigenvalue weighted by atomic mass is 10.2. The number of hydrogen-bond donors (Lipinski definition) is 2. The van der Waals surface area contributed by atoms with Crippen LogP contribution in [0.15, 0.2) is 17.0 Å². The first-order valence-corrected chi connectivity index (χ1v) is 8.85. The Morgan fingerprint density at radius 3 is 2.35 bits per heavy atom. The molecule has 0 aromatic heterocycles. The molecule has 0 atom stereocenters. The lowest BCUT2D eigenvalue weighted by Crippen LogP contribution is -2.25. The van der Waals surface area contributed by atoms with Crippen molar-refractivity contribution in [1.82, 2.24) is 10.0 Å². The van der Waals surface area contributed by atoms with Crippen molar-refractivity contribution in [2.24, 2.45) is 0 Å². The summed E-state index contributed by atoms with van der Waals surface area (Å²) in [6, 6.07) is 3.00. The third-order valence-electron chi connectivity index (χ3n) is 2.71. The van der Waals surface area contributed by atoms with Crippen molar-refractivity contribution in [1.29, 1.82) is 0 Å². The molecule has 1 aromatic carbocycles. The highest BCUT2D eigenvalue weighted by Crippen LogP contribution is 2.30. The van der Waals surface area contributed by atoms with E-state index in [1.807, 2.05) is 13.8 Å². The molecule has 0 radical (unpaired) electrons. The normalized spacial score (nSPS) is 11.8. The molecule has 0 saturated heterocycles. The summed E-state index contributed by atoms with van der Waals surface area (Å²) < 4.78 is 26.8. The molecule has 4 nitrogen and oxygen atoms in total. The van der Waals surface area contributed by atoms with E-state index in [4.69, 9.17) is 23.2 Å². The second kappa shape index (κ2) is 8.20. The van der Waals surface area contributed by atoms with Gasteiger partial charge in [0.05, 0.1) is 5.02 Å². The Hall–Kier alpha value is -0.330. The van der Waals surface area contributed by atoms with Gasteiger partial charge in [0.25, 0.3) is 0 Å². The van der Waals surface area contributed by atoms with Gasteiger partial charge >= 0.3 is 0 Å². The van der Waals surface area contributed by atoms with Crippen molar-refractivity contribution in [2.75, 3.05) is 13.1 Å². The van der Waals surface area contributed by atoms with E-state index in [-0.39, 0.29) is 9.92 Å². The van der Waals surface area contributed by atoms with Gasteiger partial charge in [0.1, 0.15) is 4.90 Å². The number of sulfonamides is 1. The van der Waals surface area contributed by atoms with E-state index >= 15 is 0 Å². The molecule has 0 saturated carbocycles. The molecule has 1 rings (SSSR count). The monoisotopic (exact) mass is 338 g/mol. The van der Waals surface area contributed by atoms with Crippen molar-refractivity contribution < 1.29 is 8.42 Å².